The zero-order valence-corrected chi connectivity index (χ0v) is 15.5. The van der Waals surface area contributed by atoms with Gasteiger partial charge >= 0.3 is 0 Å². The van der Waals surface area contributed by atoms with Gasteiger partial charge < -0.3 is 9.64 Å². The number of carbonyl (C=O) groups is 1. The highest BCUT2D eigenvalue weighted by molar-refractivity contribution is 5.82. The molecule has 1 fully saturated rings. The van der Waals surface area contributed by atoms with Crippen molar-refractivity contribution in [3.8, 4) is 5.75 Å². The van der Waals surface area contributed by atoms with Crippen molar-refractivity contribution in [1.29, 1.82) is 0 Å². The molecule has 2 aromatic rings. The molecule has 4 heteroatoms. The van der Waals surface area contributed by atoms with Crippen LogP contribution in [-0.2, 0) is 4.79 Å². The maximum atomic E-state index is 12.2. The maximum absolute atomic E-state index is 12.2. The van der Waals surface area contributed by atoms with E-state index in [1.165, 1.54) is 0 Å². The van der Waals surface area contributed by atoms with Crippen molar-refractivity contribution in [1.82, 2.24) is 9.80 Å². The third kappa shape index (κ3) is 5.16. The van der Waals surface area contributed by atoms with Gasteiger partial charge in [-0.05, 0) is 31.0 Å². The van der Waals surface area contributed by atoms with Crippen LogP contribution in [0, 0.1) is 0 Å². The quantitative estimate of drug-likeness (QED) is 0.682. The molecule has 138 valence electrons. The van der Waals surface area contributed by atoms with Crippen LogP contribution in [0.4, 0.5) is 0 Å². The summed E-state index contributed by atoms with van der Waals surface area (Å²) in [6, 6.07) is 20.0. The Morgan fingerprint density at radius 1 is 0.962 bits per heavy atom. The first-order valence-electron chi connectivity index (χ1n) is 9.43. The molecule has 0 aliphatic carbocycles. The molecule has 0 N–H and O–H groups in total. The number of ether oxygens (including phenoxy) is 1. The van der Waals surface area contributed by atoms with Gasteiger partial charge in [0, 0.05) is 32.7 Å². The number of rotatable bonds is 8. The minimum Gasteiger partial charge on any atom is -0.494 e. The van der Waals surface area contributed by atoms with Crippen LogP contribution in [0.15, 0.2) is 60.7 Å². The van der Waals surface area contributed by atoms with Gasteiger partial charge in [-0.3, -0.25) is 9.69 Å². The Morgan fingerprint density at radius 3 is 2.19 bits per heavy atom. The lowest BCUT2D eigenvalue weighted by Gasteiger charge is -2.38. The van der Waals surface area contributed by atoms with Crippen molar-refractivity contribution in [2.75, 3.05) is 39.3 Å². The second-order valence-corrected chi connectivity index (χ2v) is 6.82. The van der Waals surface area contributed by atoms with Crippen LogP contribution in [0.1, 0.15) is 24.9 Å². The van der Waals surface area contributed by atoms with Gasteiger partial charge in [-0.1, -0.05) is 48.5 Å². The van der Waals surface area contributed by atoms with Crippen molar-refractivity contribution in [2.24, 2.45) is 0 Å². The number of Topliss-reactive ketones (excluding diaryl/α,β-unsaturated/α-hetero) is 1. The van der Waals surface area contributed by atoms with Gasteiger partial charge in [0.25, 0.3) is 0 Å². The molecular formula is C22H28N2O2. The first-order chi connectivity index (χ1) is 12.7. The highest BCUT2D eigenvalue weighted by atomic mass is 16.5. The first-order valence-corrected chi connectivity index (χ1v) is 9.43. The minimum atomic E-state index is -0.111. The number of hydrogen-bond acceptors (Lipinski definition) is 4. The van der Waals surface area contributed by atoms with E-state index in [-0.39, 0.29) is 11.8 Å². The predicted molar refractivity (Wildman–Crippen MR) is 104 cm³/mol. The summed E-state index contributed by atoms with van der Waals surface area (Å²) in [6.07, 6.45) is 1.02. The monoisotopic (exact) mass is 352 g/mol. The van der Waals surface area contributed by atoms with Crippen LogP contribution in [-0.4, -0.2) is 54.9 Å². The highest BCUT2D eigenvalue weighted by Crippen LogP contribution is 2.23. The fraction of sp³-hybridized carbons (Fsp3) is 0.409. The second-order valence-electron chi connectivity index (χ2n) is 6.82. The molecule has 0 amide bonds. The molecule has 1 unspecified atom stereocenters. The molecular weight excluding hydrogens is 324 g/mol. The van der Waals surface area contributed by atoms with Gasteiger partial charge in [-0.2, -0.15) is 0 Å². The molecule has 0 bridgehead atoms. The molecule has 1 aliphatic heterocycles. The number of ketones is 1. The standard InChI is InChI=1S/C22H28N2O2/c1-19(25)22(20-9-4-2-5-10-20)24-16-14-23(15-17-24)13-8-18-26-21-11-6-3-7-12-21/h2-7,9-12,22H,8,13-18H2,1H3. The van der Waals surface area contributed by atoms with E-state index in [0.717, 1.165) is 57.1 Å². The number of hydrogen-bond donors (Lipinski definition) is 0. The smallest absolute Gasteiger partial charge is 0.151 e. The Hall–Kier alpha value is -2.17. The third-order valence-corrected chi connectivity index (χ3v) is 4.90. The largest absolute Gasteiger partial charge is 0.494 e. The Morgan fingerprint density at radius 2 is 1.58 bits per heavy atom. The van der Waals surface area contributed by atoms with Crippen LogP contribution in [0.25, 0.3) is 0 Å². The summed E-state index contributed by atoms with van der Waals surface area (Å²) in [5.41, 5.74) is 1.10. The number of carbonyl (C=O) groups excluding carboxylic acids is 1. The minimum absolute atomic E-state index is 0.111. The van der Waals surface area contributed by atoms with Gasteiger partial charge in [0.1, 0.15) is 5.75 Å². The van der Waals surface area contributed by atoms with E-state index in [1.54, 1.807) is 6.92 Å². The number of nitrogens with zero attached hydrogens (tertiary/aromatic N) is 2. The molecule has 26 heavy (non-hydrogen) atoms. The molecule has 1 atom stereocenters. The summed E-state index contributed by atoms with van der Waals surface area (Å²) < 4.78 is 5.76. The molecule has 3 rings (SSSR count). The van der Waals surface area contributed by atoms with Gasteiger partial charge in [0.05, 0.1) is 12.6 Å². The molecule has 2 aromatic carbocycles. The zero-order valence-electron chi connectivity index (χ0n) is 15.5. The van der Waals surface area contributed by atoms with Gasteiger partial charge in [-0.15, -0.1) is 0 Å². The number of para-hydroxylation sites is 1. The normalized spacial score (nSPS) is 17.0. The van der Waals surface area contributed by atoms with Crippen LogP contribution in [0.5, 0.6) is 5.75 Å². The summed E-state index contributed by atoms with van der Waals surface area (Å²) in [6.45, 7) is 7.34. The molecule has 4 nitrogen and oxygen atoms in total. The fourth-order valence-electron chi connectivity index (χ4n) is 3.58. The molecule has 0 aromatic heterocycles. The van der Waals surface area contributed by atoms with Crippen molar-refractivity contribution in [3.63, 3.8) is 0 Å². The molecule has 0 saturated carbocycles. The van der Waals surface area contributed by atoms with Crippen LogP contribution in [0.2, 0.25) is 0 Å². The van der Waals surface area contributed by atoms with E-state index in [2.05, 4.69) is 21.9 Å². The lowest BCUT2D eigenvalue weighted by Crippen LogP contribution is -2.49. The van der Waals surface area contributed by atoms with E-state index < -0.39 is 0 Å². The average molecular weight is 352 g/mol. The highest BCUT2D eigenvalue weighted by Gasteiger charge is 2.27. The SMILES string of the molecule is CC(=O)C(c1ccccc1)N1CCN(CCCOc2ccccc2)CC1. The van der Waals surface area contributed by atoms with Crippen LogP contribution < -0.4 is 4.74 Å². The van der Waals surface area contributed by atoms with Crippen molar-refractivity contribution >= 4 is 5.78 Å². The number of piperazine rings is 1. The molecule has 0 radical (unpaired) electrons. The van der Waals surface area contributed by atoms with Crippen molar-refractivity contribution < 1.29 is 9.53 Å². The summed E-state index contributed by atoms with van der Waals surface area (Å²) >= 11 is 0. The fourth-order valence-corrected chi connectivity index (χ4v) is 3.58. The lowest BCUT2D eigenvalue weighted by atomic mass is 10.0. The summed E-state index contributed by atoms with van der Waals surface area (Å²) in [7, 11) is 0. The summed E-state index contributed by atoms with van der Waals surface area (Å²) in [4.78, 5) is 17.0. The van der Waals surface area contributed by atoms with Crippen LogP contribution in [0.3, 0.4) is 0 Å². The van der Waals surface area contributed by atoms with Gasteiger partial charge in [-0.25, -0.2) is 0 Å². The lowest BCUT2D eigenvalue weighted by molar-refractivity contribution is -0.123. The zero-order chi connectivity index (χ0) is 18.2. The third-order valence-electron chi connectivity index (χ3n) is 4.90. The van der Waals surface area contributed by atoms with Crippen LogP contribution >= 0.6 is 0 Å². The molecule has 1 heterocycles. The Kier molecular flexibility index (Phi) is 6.81. The van der Waals surface area contributed by atoms with E-state index in [0.29, 0.717) is 0 Å². The van der Waals surface area contributed by atoms with Crippen molar-refractivity contribution in [2.45, 2.75) is 19.4 Å². The summed E-state index contributed by atoms with van der Waals surface area (Å²) in [5.74, 6) is 1.16. The average Bonchev–Trinajstić information content (AvgIpc) is 2.68. The first kappa shape index (κ1) is 18.6. The molecule has 1 saturated heterocycles. The van der Waals surface area contributed by atoms with Gasteiger partial charge in [0.15, 0.2) is 5.78 Å². The van der Waals surface area contributed by atoms with E-state index in [4.69, 9.17) is 4.74 Å². The molecule has 1 aliphatic rings. The Bertz CT molecular complexity index is 667. The Balaban J connectivity index is 1.42. The maximum Gasteiger partial charge on any atom is 0.151 e. The van der Waals surface area contributed by atoms with E-state index >= 15 is 0 Å². The Labute approximate surface area is 156 Å². The number of benzene rings is 2. The summed E-state index contributed by atoms with van der Waals surface area (Å²) in [5, 5.41) is 0. The van der Waals surface area contributed by atoms with Crippen molar-refractivity contribution in [3.05, 3.63) is 66.2 Å². The predicted octanol–water partition coefficient (Wildman–Crippen LogP) is 3.40. The topological polar surface area (TPSA) is 32.8 Å². The van der Waals surface area contributed by atoms with E-state index in [9.17, 15) is 4.79 Å². The molecule has 0 spiro atoms. The van der Waals surface area contributed by atoms with E-state index in [1.807, 2.05) is 48.5 Å². The van der Waals surface area contributed by atoms with Gasteiger partial charge in [0.2, 0.25) is 0 Å². The second kappa shape index (κ2) is 9.51.